The fourth-order valence-corrected chi connectivity index (χ4v) is 4.23. The highest BCUT2D eigenvalue weighted by Gasteiger charge is 2.38. The first-order valence-electron chi connectivity index (χ1n) is 11.1. The Balaban J connectivity index is 1.19. The quantitative estimate of drug-likeness (QED) is 0.391. The number of methoxy groups -OCH3 is 1. The van der Waals surface area contributed by atoms with Gasteiger partial charge >= 0.3 is 12.1 Å². The molecule has 4 aromatic rings. The van der Waals surface area contributed by atoms with Crippen molar-refractivity contribution in [3.8, 4) is 5.75 Å². The number of halogens is 3. The third-order valence-corrected chi connectivity index (χ3v) is 6.15. The van der Waals surface area contributed by atoms with Gasteiger partial charge in [-0.2, -0.15) is 17.7 Å². The zero-order valence-electron chi connectivity index (χ0n) is 18.8. The maximum absolute atomic E-state index is 13.1. The van der Waals surface area contributed by atoms with Gasteiger partial charge in [0, 0.05) is 13.1 Å². The van der Waals surface area contributed by atoms with Crippen LogP contribution in [0.25, 0.3) is 16.4 Å². The van der Waals surface area contributed by atoms with Gasteiger partial charge in [-0.1, -0.05) is 18.2 Å². The zero-order valence-corrected chi connectivity index (χ0v) is 18.8. The number of piperidine rings is 1. The first kappa shape index (κ1) is 22.9. The number of benzene rings is 2. The fraction of sp³-hybridized carbons (Fsp3) is 0.333. The SMILES string of the molecule is COc1ccc2cc(COC(=O)C3CCN(c4ccc5nnc(C(F)(F)F)n5n4)CC3)ccc2c1. The van der Waals surface area contributed by atoms with Crippen molar-refractivity contribution in [2.75, 3.05) is 25.1 Å². The van der Waals surface area contributed by atoms with Crippen LogP contribution in [-0.4, -0.2) is 46.0 Å². The monoisotopic (exact) mass is 485 g/mol. The molecule has 3 heterocycles. The number of aromatic nitrogens is 4. The molecule has 5 rings (SSSR count). The van der Waals surface area contributed by atoms with Crippen LogP contribution in [0.3, 0.4) is 0 Å². The molecule has 0 atom stereocenters. The van der Waals surface area contributed by atoms with Crippen molar-refractivity contribution in [2.24, 2.45) is 5.92 Å². The van der Waals surface area contributed by atoms with E-state index in [-0.39, 0.29) is 24.1 Å². The van der Waals surface area contributed by atoms with Crippen molar-refractivity contribution < 1.29 is 27.4 Å². The van der Waals surface area contributed by atoms with Crippen LogP contribution in [0.1, 0.15) is 24.2 Å². The number of alkyl halides is 3. The van der Waals surface area contributed by atoms with Gasteiger partial charge in [-0.15, -0.1) is 15.3 Å². The molecule has 11 heteroatoms. The molecule has 35 heavy (non-hydrogen) atoms. The Bertz CT molecular complexity index is 1380. The first-order valence-corrected chi connectivity index (χ1v) is 11.1. The van der Waals surface area contributed by atoms with Gasteiger partial charge in [0.1, 0.15) is 18.2 Å². The van der Waals surface area contributed by atoms with Crippen LogP contribution in [0, 0.1) is 5.92 Å². The number of fused-ring (bicyclic) bond motifs is 2. The van der Waals surface area contributed by atoms with Crippen molar-refractivity contribution in [1.29, 1.82) is 0 Å². The maximum atomic E-state index is 13.1. The lowest BCUT2D eigenvalue weighted by Crippen LogP contribution is -2.37. The van der Waals surface area contributed by atoms with E-state index in [9.17, 15) is 18.0 Å². The Kier molecular flexibility index (Phi) is 5.91. The van der Waals surface area contributed by atoms with E-state index in [0.717, 1.165) is 22.1 Å². The molecule has 1 aliphatic heterocycles. The maximum Gasteiger partial charge on any atom is 0.453 e. The van der Waals surface area contributed by atoms with E-state index >= 15 is 0 Å². The van der Waals surface area contributed by atoms with Crippen LogP contribution in [0.5, 0.6) is 5.75 Å². The number of carbonyl (C=O) groups is 1. The third kappa shape index (κ3) is 4.71. The molecular weight excluding hydrogens is 463 g/mol. The minimum atomic E-state index is -4.65. The van der Waals surface area contributed by atoms with Gasteiger partial charge in [-0.3, -0.25) is 4.79 Å². The van der Waals surface area contributed by atoms with Crippen molar-refractivity contribution in [1.82, 2.24) is 19.8 Å². The molecule has 0 spiro atoms. The Labute approximate surface area is 198 Å². The summed E-state index contributed by atoms with van der Waals surface area (Å²) in [6.45, 7) is 1.12. The highest BCUT2D eigenvalue weighted by Crippen LogP contribution is 2.29. The summed E-state index contributed by atoms with van der Waals surface area (Å²) >= 11 is 0. The molecule has 2 aromatic heterocycles. The minimum Gasteiger partial charge on any atom is -0.497 e. The lowest BCUT2D eigenvalue weighted by Gasteiger charge is -2.31. The van der Waals surface area contributed by atoms with E-state index in [4.69, 9.17) is 9.47 Å². The molecule has 0 bridgehead atoms. The molecule has 0 aliphatic carbocycles. The highest BCUT2D eigenvalue weighted by atomic mass is 19.4. The van der Waals surface area contributed by atoms with Gasteiger partial charge in [0.2, 0.25) is 0 Å². The van der Waals surface area contributed by atoms with Crippen molar-refractivity contribution in [3.05, 3.63) is 59.9 Å². The number of carbonyl (C=O) groups excluding carboxylic acids is 1. The lowest BCUT2D eigenvalue weighted by molar-refractivity contribution is -0.150. The molecule has 0 unspecified atom stereocenters. The Morgan fingerprint density at radius 2 is 1.77 bits per heavy atom. The number of hydrogen-bond donors (Lipinski definition) is 0. The number of anilines is 1. The van der Waals surface area contributed by atoms with E-state index in [0.29, 0.717) is 36.3 Å². The molecule has 8 nitrogen and oxygen atoms in total. The molecule has 0 amide bonds. The van der Waals surface area contributed by atoms with Gasteiger partial charge in [0.15, 0.2) is 5.65 Å². The molecule has 1 fully saturated rings. The van der Waals surface area contributed by atoms with Crippen LogP contribution < -0.4 is 9.64 Å². The van der Waals surface area contributed by atoms with E-state index in [1.807, 2.05) is 41.3 Å². The van der Waals surface area contributed by atoms with Crippen LogP contribution in [0.15, 0.2) is 48.5 Å². The van der Waals surface area contributed by atoms with Gasteiger partial charge in [-0.05, 0) is 59.5 Å². The average Bonchev–Trinajstić information content (AvgIpc) is 3.31. The predicted molar refractivity (Wildman–Crippen MR) is 121 cm³/mol. The van der Waals surface area contributed by atoms with Gasteiger partial charge in [-0.25, -0.2) is 0 Å². The van der Waals surface area contributed by atoms with E-state index < -0.39 is 12.0 Å². The number of esters is 1. The third-order valence-electron chi connectivity index (χ3n) is 6.15. The normalized spacial score (nSPS) is 15.0. The number of ether oxygens (including phenoxy) is 2. The highest BCUT2D eigenvalue weighted by molar-refractivity contribution is 5.84. The van der Waals surface area contributed by atoms with Gasteiger partial charge in [0.05, 0.1) is 13.0 Å². The molecule has 0 N–H and O–H groups in total. The van der Waals surface area contributed by atoms with Crippen molar-refractivity contribution in [3.63, 3.8) is 0 Å². The summed E-state index contributed by atoms with van der Waals surface area (Å²) < 4.78 is 50.9. The summed E-state index contributed by atoms with van der Waals surface area (Å²) in [5.41, 5.74) is 0.910. The Hall–Kier alpha value is -3.89. The summed E-state index contributed by atoms with van der Waals surface area (Å²) in [5, 5.41) is 12.9. The average molecular weight is 485 g/mol. The van der Waals surface area contributed by atoms with Crippen LogP contribution >= 0.6 is 0 Å². The van der Waals surface area contributed by atoms with Crippen molar-refractivity contribution in [2.45, 2.75) is 25.6 Å². The number of rotatable bonds is 5. The van der Waals surface area contributed by atoms with Gasteiger partial charge in [0.25, 0.3) is 5.82 Å². The van der Waals surface area contributed by atoms with Crippen molar-refractivity contribution >= 4 is 28.2 Å². The summed E-state index contributed by atoms with van der Waals surface area (Å²) in [6.07, 6.45) is -3.62. The Morgan fingerprint density at radius 3 is 2.51 bits per heavy atom. The minimum absolute atomic E-state index is 0.0207. The first-order chi connectivity index (χ1) is 16.8. The number of hydrogen-bond acceptors (Lipinski definition) is 7. The molecule has 2 aromatic carbocycles. The Morgan fingerprint density at radius 1 is 1.03 bits per heavy atom. The summed E-state index contributed by atoms with van der Waals surface area (Å²) in [6, 6.07) is 14.7. The second kappa shape index (κ2) is 9.05. The van der Waals surface area contributed by atoms with E-state index in [1.54, 1.807) is 13.2 Å². The predicted octanol–water partition coefficient (Wildman–Crippen LogP) is 4.26. The largest absolute Gasteiger partial charge is 0.497 e. The standard InChI is InChI=1S/C24H22F3N5O3/c1-34-19-5-4-17-12-15(2-3-18(17)13-19)14-35-22(33)16-8-10-31(11-9-16)21-7-6-20-28-29-23(24(25,26)27)32(20)30-21/h2-7,12-13,16H,8-11,14H2,1H3. The zero-order chi connectivity index (χ0) is 24.6. The summed E-state index contributed by atoms with van der Waals surface area (Å²) in [5.74, 6) is -0.565. The molecule has 1 aliphatic rings. The second-order valence-electron chi connectivity index (χ2n) is 8.40. The molecular formula is C24H22F3N5O3. The topological polar surface area (TPSA) is 81.9 Å². The molecule has 0 saturated carbocycles. The van der Waals surface area contributed by atoms with Crippen LogP contribution in [0.4, 0.5) is 19.0 Å². The van der Waals surface area contributed by atoms with Crippen LogP contribution in [-0.2, 0) is 22.3 Å². The summed E-state index contributed by atoms with van der Waals surface area (Å²) in [4.78, 5) is 14.5. The molecule has 1 saturated heterocycles. The van der Waals surface area contributed by atoms with E-state index in [2.05, 4.69) is 15.3 Å². The van der Waals surface area contributed by atoms with E-state index in [1.165, 1.54) is 6.07 Å². The second-order valence-corrected chi connectivity index (χ2v) is 8.40. The van der Waals surface area contributed by atoms with Crippen LogP contribution in [0.2, 0.25) is 0 Å². The lowest BCUT2D eigenvalue weighted by atomic mass is 9.97. The summed E-state index contributed by atoms with van der Waals surface area (Å²) in [7, 11) is 1.62. The fourth-order valence-electron chi connectivity index (χ4n) is 4.23. The smallest absolute Gasteiger partial charge is 0.453 e. The number of nitrogens with zero attached hydrogens (tertiary/aromatic N) is 5. The molecule has 182 valence electrons. The molecule has 0 radical (unpaired) electrons. The van der Waals surface area contributed by atoms with Gasteiger partial charge < -0.3 is 14.4 Å².